The lowest BCUT2D eigenvalue weighted by Gasteiger charge is -2.26. The Morgan fingerprint density at radius 1 is 1.24 bits per heavy atom. The highest BCUT2D eigenvalue weighted by Gasteiger charge is 2.17. The number of nitrogens with zero attached hydrogens (tertiary/aromatic N) is 6. The van der Waals surface area contributed by atoms with Gasteiger partial charge in [0.25, 0.3) is 0 Å². The number of aromatic nitrogens is 5. The minimum Gasteiger partial charge on any atom is -0.378 e. The third-order valence-corrected chi connectivity index (χ3v) is 4.51. The van der Waals surface area contributed by atoms with E-state index in [0.717, 1.165) is 29.7 Å². The number of rotatable bonds is 4. The Labute approximate surface area is 130 Å². The van der Waals surface area contributed by atoms with Crippen LogP contribution in [-0.2, 0) is 11.2 Å². The molecule has 1 saturated heterocycles. The van der Waals surface area contributed by atoms with Crippen molar-refractivity contribution in [2.75, 3.05) is 36.9 Å². The number of aryl methyl sites for hydroxylation is 1. The van der Waals surface area contributed by atoms with Gasteiger partial charge in [0.05, 0.1) is 13.2 Å². The third-order valence-electron chi connectivity index (χ3n) is 2.86. The van der Waals surface area contributed by atoms with E-state index in [-0.39, 0.29) is 5.95 Å². The van der Waals surface area contributed by atoms with Crippen molar-refractivity contribution in [1.29, 1.82) is 0 Å². The van der Waals surface area contributed by atoms with E-state index >= 15 is 0 Å². The molecule has 0 spiro atoms. The van der Waals surface area contributed by atoms with Crippen LogP contribution in [0.2, 0.25) is 0 Å². The summed E-state index contributed by atoms with van der Waals surface area (Å²) in [6.45, 7) is 4.88. The SMILES string of the molecule is CCc1nsc(Sc2nc(N)nc(N3CCOCC3)n2)n1. The molecule has 0 radical (unpaired) electrons. The topological polar surface area (TPSA) is 103 Å². The van der Waals surface area contributed by atoms with Crippen molar-refractivity contribution in [3.8, 4) is 0 Å². The van der Waals surface area contributed by atoms with E-state index in [4.69, 9.17) is 10.5 Å². The Hall–Kier alpha value is -1.52. The van der Waals surface area contributed by atoms with E-state index in [0.29, 0.717) is 24.3 Å². The van der Waals surface area contributed by atoms with Crippen LogP contribution in [0.5, 0.6) is 0 Å². The Morgan fingerprint density at radius 2 is 2.05 bits per heavy atom. The summed E-state index contributed by atoms with van der Waals surface area (Å²) in [5.41, 5.74) is 5.79. The molecule has 2 N–H and O–H groups in total. The number of anilines is 2. The van der Waals surface area contributed by atoms with Crippen LogP contribution in [0.25, 0.3) is 0 Å². The minimum atomic E-state index is 0.217. The largest absolute Gasteiger partial charge is 0.378 e. The zero-order valence-corrected chi connectivity index (χ0v) is 13.2. The van der Waals surface area contributed by atoms with E-state index in [2.05, 4.69) is 24.3 Å². The summed E-state index contributed by atoms with van der Waals surface area (Å²) in [5.74, 6) is 1.64. The van der Waals surface area contributed by atoms with Crippen LogP contribution in [0, 0.1) is 0 Å². The van der Waals surface area contributed by atoms with Crippen molar-refractivity contribution in [2.45, 2.75) is 22.8 Å². The quantitative estimate of drug-likeness (QED) is 0.876. The molecule has 1 fully saturated rings. The normalized spacial score (nSPS) is 15.4. The second-order valence-electron chi connectivity index (χ2n) is 4.31. The van der Waals surface area contributed by atoms with Gasteiger partial charge in [-0.3, -0.25) is 0 Å². The van der Waals surface area contributed by atoms with Crippen molar-refractivity contribution in [2.24, 2.45) is 0 Å². The fourth-order valence-corrected chi connectivity index (χ4v) is 3.37. The maximum absolute atomic E-state index is 5.79. The van der Waals surface area contributed by atoms with Gasteiger partial charge in [0.2, 0.25) is 17.1 Å². The van der Waals surface area contributed by atoms with Crippen LogP contribution in [0.1, 0.15) is 12.7 Å². The van der Waals surface area contributed by atoms with E-state index in [1.165, 1.54) is 23.3 Å². The van der Waals surface area contributed by atoms with Gasteiger partial charge >= 0.3 is 0 Å². The van der Waals surface area contributed by atoms with Gasteiger partial charge in [-0.15, -0.1) is 0 Å². The molecule has 2 aromatic heterocycles. The summed E-state index contributed by atoms with van der Waals surface area (Å²) < 4.78 is 10.4. The molecule has 0 aromatic carbocycles. The number of nitrogen functional groups attached to an aromatic ring is 1. The Bertz CT molecular complexity index is 614. The van der Waals surface area contributed by atoms with E-state index in [1.807, 2.05) is 11.8 Å². The Kier molecular flexibility index (Phi) is 4.46. The van der Waals surface area contributed by atoms with Gasteiger partial charge in [-0.1, -0.05) is 6.92 Å². The first-order valence-corrected chi connectivity index (χ1v) is 8.18. The van der Waals surface area contributed by atoms with Crippen LogP contribution in [0.3, 0.4) is 0 Å². The monoisotopic (exact) mass is 325 g/mol. The van der Waals surface area contributed by atoms with E-state index < -0.39 is 0 Å². The van der Waals surface area contributed by atoms with Gasteiger partial charge in [0, 0.05) is 19.5 Å². The Morgan fingerprint density at radius 3 is 2.76 bits per heavy atom. The molecule has 8 nitrogen and oxygen atoms in total. The van der Waals surface area contributed by atoms with Gasteiger partial charge < -0.3 is 15.4 Å². The highest BCUT2D eigenvalue weighted by molar-refractivity contribution is 8.00. The number of hydrogen-bond donors (Lipinski definition) is 1. The highest BCUT2D eigenvalue weighted by atomic mass is 32.2. The van der Waals surface area contributed by atoms with Crippen molar-refractivity contribution in [1.82, 2.24) is 24.3 Å². The zero-order valence-electron chi connectivity index (χ0n) is 11.5. The van der Waals surface area contributed by atoms with Crippen LogP contribution >= 0.6 is 23.3 Å². The molecule has 0 saturated carbocycles. The molecule has 0 bridgehead atoms. The van der Waals surface area contributed by atoms with Gasteiger partial charge in [0.15, 0.2) is 4.34 Å². The first-order valence-electron chi connectivity index (χ1n) is 6.59. The molecule has 3 heterocycles. The van der Waals surface area contributed by atoms with Crippen LogP contribution < -0.4 is 10.6 Å². The van der Waals surface area contributed by atoms with Gasteiger partial charge in [-0.2, -0.15) is 19.3 Å². The van der Waals surface area contributed by atoms with Crippen LogP contribution in [0.15, 0.2) is 9.50 Å². The smallest absolute Gasteiger partial charge is 0.231 e. The van der Waals surface area contributed by atoms with Crippen molar-refractivity contribution in [3.63, 3.8) is 0 Å². The summed E-state index contributed by atoms with van der Waals surface area (Å²) >= 11 is 2.70. The fraction of sp³-hybridized carbons (Fsp3) is 0.545. The van der Waals surface area contributed by atoms with E-state index in [1.54, 1.807) is 0 Å². The molecule has 0 amide bonds. The number of hydrogen-bond acceptors (Lipinski definition) is 10. The van der Waals surface area contributed by atoms with Gasteiger partial charge in [0.1, 0.15) is 5.82 Å². The molecule has 1 aliphatic rings. The van der Waals surface area contributed by atoms with Gasteiger partial charge in [-0.05, 0) is 23.3 Å². The summed E-state index contributed by atoms with van der Waals surface area (Å²) in [4.78, 5) is 19.3. The minimum absolute atomic E-state index is 0.217. The average Bonchev–Trinajstić information content (AvgIpc) is 2.95. The zero-order chi connectivity index (χ0) is 14.7. The van der Waals surface area contributed by atoms with Crippen molar-refractivity contribution >= 4 is 35.2 Å². The molecule has 1 aliphatic heterocycles. The fourth-order valence-electron chi connectivity index (χ4n) is 1.81. The van der Waals surface area contributed by atoms with Crippen LogP contribution in [0.4, 0.5) is 11.9 Å². The molecule has 0 atom stereocenters. The molecule has 112 valence electrons. The highest BCUT2D eigenvalue weighted by Crippen LogP contribution is 2.27. The van der Waals surface area contributed by atoms with Crippen molar-refractivity contribution in [3.05, 3.63) is 5.82 Å². The maximum atomic E-state index is 5.79. The molecule has 10 heteroatoms. The summed E-state index contributed by atoms with van der Waals surface area (Å²) in [6, 6.07) is 0. The van der Waals surface area contributed by atoms with E-state index in [9.17, 15) is 0 Å². The number of nitrogens with two attached hydrogens (primary N) is 1. The molecule has 3 rings (SSSR count). The summed E-state index contributed by atoms with van der Waals surface area (Å²) in [6.07, 6.45) is 0.815. The van der Waals surface area contributed by atoms with Crippen LogP contribution in [-0.4, -0.2) is 50.6 Å². The number of morpholine rings is 1. The second kappa shape index (κ2) is 6.50. The van der Waals surface area contributed by atoms with Crippen molar-refractivity contribution < 1.29 is 4.74 Å². The summed E-state index contributed by atoms with van der Waals surface area (Å²) in [5, 5.41) is 0.544. The maximum Gasteiger partial charge on any atom is 0.231 e. The predicted molar refractivity (Wildman–Crippen MR) is 80.7 cm³/mol. The first kappa shape index (κ1) is 14.4. The molecular formula is C11H15N7OS2. The molecule has 21 heavy (non-hydrogen) atoms. The first-order chi connectivity index (χ1) is 10.2. The predicted octanol–water partition coefficient (Wildman–Crippen LogP) is 0.856. The second-order valence-corrected chi connectivity index (χ2v) is 6.27. The molecular weight excluding hydrogens is 310 g/mol. The molecule has 0 aliphatic carbocycles. The molecule has 2 aromatic rings. The summed E-state index contributed by atoms with van der Waals surface area (Å²) in [7, 11) is 0. The standard InChI is InChI=1S/C11H15N7OS2/c1-2-7-13-11(21-17-7)20-10-15-8(12)14-9(16-10)18-3-5-19-6-4-18/h2-6H2,1H3,(H2,12,14,15,16). The third kappa shape index (κ3) is 3.57. The number of ether oxygens (including phenoxy) is 1. The Balaban J connectivity index is 1.79. The lowest BCUT2D eigenvalue weighted by atomic mass is 10.4. The lowest BCUT2D eigenvalue weighted by Crippen LogP contribution is -2.37. The molecule has 0 unspecified atom stereocenters. The lowest BCUT2D eigenvalue weighted by molar-refractivity contribution is 0.122. The van der Waals surface area contributed by atoms with Gasteiger partial charge in [-0.25, -0.2) is 4.98 Å². The average molecular weight is 325 g/mol.